The molecule has 0 bridgehead atoms. The molecule has 140 valence electrons. The largest absolute Gasteiger partial charge is 0.465 e. The van der Waals surface area contributed by atoms with E-state index in [1.807, 2.05) is 0 Å². The number of ether oxygens (including phenoxy) is 1. The first kappa shape index (κ1) is 20.3. The number of hydrogen-bond donors (Lipinski definition) is 1. The van der Waals surface area contributed by atoms with Crippen molar-refractivity contribution in [3.8, 4) is 0 Å². The second kappa shape index (κ2) is 9.07. The quantitative estimate of drug-likeness (QED) is 0.324. The average molecular weight is 469 g/mol. The molecular formula is C19H24IN3O3. The van der Waals surface area contributed by atoms with Gasteiger partial charge in [0.25, 0.3) is 0 Å². The van der Waals surface area contributed by atoms with Crippen molar-refractivity contribution in [1.29, 1.82) is 0 Å². The molecule has 1 aliphatic heterocycles. The van der Waals surface area contributed by atoms with Crippen molar-refractivity contribution in [3.63, 3.8) is 0 Å². The standard InChI is InChI=1S/C19H23N3O3.HI/c1-13-17(18(23)24-3)10-16(25-13)11-21-19(20-2)22-9-8-14-6-4-5-7-15(14)12-22;/h4-7,10H,8-9,11-12H2,1-3H3,(H,20,21);1H. The van der Waals surface area contributed by atoms with Gasteiger partial charge in [0.2, 0.25) is 0 Å². The summed E-state index contributed by atoms with van der Waals surface area (Å²) < 4.78 is 10.4. The van der Waals surface area contributed by atoms with E-state index >= 15 is 0 Å². The summed E-state index contributed by atoms with van der Waals surface area (Å²) >= 11 is 0. The maximum Gasteiger partial charge on any atom is 0.341 e. The van der Waals surface area contributed by atoms with E-state index < -0.39 is 0 Å². The van der Waals surface area contributed by atoms with Gasteiger partial charge >= 0.3 is 5.97 Å². The van der Waals surface area contributed by atoms with Gasteiger partial charge in [-0.1, -0.05) is 24.3 Å². The number of nitrogens with one attached hydrogen (secondary N) is 1. The minimum Gasteiger partial charge on any atom is -0.465 e. The number of methoxy groups -OCH3 is 1. The Hall–Kier alpha value is -2.03. The summed E-state index contributed by atoms with van der Waals surface area (Å²) in [6, 6.07) is 10.2. The van der Waals surface area contributed by atoms with E-state index in [2.05, 4.69) is 39.5 Å². The summed E-state index contributed by atoms with van der Waals surface area (Å²) in [4.78, 5) is 18.3. The molecule has 26 heavy (non-hydrogen) atoms. The van der Waals surface area contributed by atoms with Crippen LogP contribution < -0.4 is 5.32 Å². The minimum atomic E-state index is -0.385. The fraction of sp³-hybridized carbons (Fsp3) is 0.368. The topological polar surface area (TPSA) is 67.1 Å². The Morgan fingerprint density at radius 2 is 2.08 bits per heavy atom. The zero-order chi connectivity index (χ0) is 17.8. The first-order chi connectivity index (χ1) is 12.1. The van der Waals surface area contributed by atoms with Crippen molar-refractivity contribution in [2.24, 2.45) is 4.99 Å². The van der Waals surface area contributed by atoms with Gasteiger partial charge in [-0.3, -0.25) is 4.99 Å². The van der Waals surface area contributed by atoms with Gasteiger partial charge in [0.1, 0.15) is 17.1 Å². The fourth-order valence-corrected chi connectivity index (χ4v) is 3.12. The Bertz CT molecular complexity index is 801. The van der Waals surface area contributed by atoms with Gasteiger partial charge < -0.3 is 19.4 Å². The lowest BCUT2D eigenvalue weighted by Gasteiger charge is -2.31. The maximum absolute atomic E-state index is 11.7. The number of benzene rings is 1. The second-order valence-electron chi connectivity index (χ2n) is 6.02. The van der Waals surface area contributed by atoms with Crippen molar-refractivity contribution in [2.75, 3.05) is 20.7 Å². The van der Waals surface area contributed by atoms with Gasteiger partial charge in [-0.25, -0.2) is 4.79 Å². The van der Waals surface area contributed by atoms with Crippen molar-refractivity contribution in [1.82, 2.24) is 10.2 Å². The molecule has 3 rings (SSSR count). The van der Waals surface area contributed by atoms with Gasteiger partial charge in [0.05, 0.1) is 13.7 Å². The van der Waals surface area contributed by atoms with E-state index in [1.54, 1.807) is 20.0 Å². The van der Waals surface area contributed by atoms with Gasteiger partial charge in [-0.2, -0.15) is 0 Å². The van der Waals surface area contributed by atoms with Gasteiger partial charge in [-0.15, -0.1) is 24.0 Å². The fourth-order valence-electron chi connectivity index (χ4n) is 3.12. The molecule has 0 unspecified atom stereocenters. The third-order valence-electron chi connectivity index (χ3n) is 4.44. The summed E-state index contributed by atoms with van der Waals surface area (Å²) in [6.45, 7) is 3.97. The minimum absolute atomic E-state index is 0. The van der Waals surface area contributed by atoms with Crippen LogP contribution in [0.25, 0.3) is 0 Å². The number of hydrogen-bond acceptors (Lipinski definition) is 4. The molecule has 0 amide bonds. The molecule has 6 nitrogen and oxygen atoms in total. The number of esters is 1. The van der Waals surface area contributed by atoms with Crippen LogP contribution in [0.2, 0.25) is 0 Å². The lowest BCUT2D eigenvalue weighted by Crippen LogP contribution is -2.43. The zero-order valence-electron chi connectivity index (χ0n) is 15.2. The zero-order valence-corrected chi connectivity index (χ0v) is 17.6. The van der Waals surface area contributed by atoms with Crippen LogP contribution in [0.5, 0.6) is 0 Å². The third kappa shape index (κ3) is 4.38. The van der Waals surface area contributed by atoms with Gasteiger partial charge in [-0.05, 0) is 30.5 Å². The summed E-state index contributed by atoms with van der Waals surface area (Å²) in [5.41, 5.74) is 3.19. The van der Waals surface area contributed by atoms with Crippen LogP contribution >= 0.6 is 24.0 Å². The van der Waals surface area contributed by atoms with E-state index in [0.29, 0.717) is 23.6 Å². The van der Waals surface area contributed by atoms with E-state index in [0.717, 1.165) is 25.5 Å². The van der Waals surface area contributed by atoms with Crippen molar-refractivity contribution >= 4 is 35.9 Å². The lowest BCUT2D eigenvalue weighted by molar-refractivity contribution is 0.0599. The number of halogens is 1. The van der Waals surface area contributed by atoms with E-state index in [9.17, 15) is 4.79 Å². The molecule has 0 radical (unpaired) electrons. The summed E-state index contributed by atoms with van der Waals surface area (Å²) in [5.74, 6) is 1.68. The van der Waals surface area contributed by atoms with E-state index in [-0.39, 0.29) is 29.9 Å². The lowest BCUT2D eigenvalue weighted by atomic mass is 10.0. The van der Waals surface area contributed by atoms with Crippen LogP contribution in [-0.2, 0) is 24.2 Å². The molecule has 0 aliphatic carbocycles. The average Bonchev–Trinajstić information content (AvgIpc) is 3.02. The van der Waals surface area contributed by atoms with Crippen LogP contribution in [0.3, 0.4) is 0 Å². The van der Waals surface area contributed by atoms with Crippen LogP contribution in [0.1, 0.15) is 33.0 Å². The predicted molar refractivity (Wildman–Crippen MR) is 111 cm³/mol. The number of aliphatic imine (C=N–C) groups is 1. The molecule has 0 saturated heterocycles. The second-order valence-corrected chi connectivity index (χ2v) is 6.02. The molecule has 1 aromatic carbocycles. The number of guanidine groups is 1. The Labute approximate surface area is 170 Å². The smallest absolute Gasteiger partial charge is 0.341 e. The number of fused-ring (bicyclic) bond motifs is 1. The molecular weight excluding hydrogens is 445 g/mol. The molecule has 1 N–H and O–H groups in total. The van der Waals surface area contributed by atoms with E-state index in [4.69, 9.17) is 9.15 Å². The summed E-state index contributed by atoms with van der Waals surface area (Å²) in [5, 5.41) is 3.31. The first-order valence-electron chi connectivity index (χ1n) is 8.32. The monoisotopic (exact) mass is 469 g/mol. The highest BCUT2D eigenvalue weighted by atomic mass is 127. The molecule has 0 spiro atoms. The Morgan fingerprint density at radius 3 is 2.77 bits per heavy atom. The normalized spacial score (nSPS) is 13.7. The number of carbonyl (C=O) groups excluding carboxylic acids is 1. The Kier molecular flexibility index (Phi) is 7.07. The number of carbonyl (C=O) groups is 1. The van der Waals surface area contributed by atoms with Crippen LogP contribution in [0.4, 0.5) is 0 Å². The number of furan rings is 1. The molecule has 2 heterocycles. The van der Waals surface area contributed by atoms with Gasteiger partial charge in [0, 0.05) is 20.1 Å². The molecule has 0 saturated carbocycles. The molecule has 1 aliphatic rings. The van der Waals surface area contributed by atoms with Crippen molar-refractivity contribution < 1.29 is 13.9 Å². The number of rotatable bonds is 3. The predicted octanol–water partition coefficient (Wildman–Crippen LogP) is 3.13. The number of aryl methyl sites for hydroxylation is 1. The maximum atomic E-state index is 11.7. The van der Waals surface area contributed by atoms with E-state index in [1.165, 1.54) is 18.2 Å². The molecule has 2 aromatic rings. The van der Waals surface area contributed by atoms with Crippen molar-refractivity contribution in [2.45, 2.75) is 26.4 Å². The Morgan fingerprint density at radius 1 is 1.35 bits per heavy atom. The van der Waals surface area contributed by atoms with Crippen molar-refractivity contribution in [3.05, 3.63) is 58.5 Å². The number of nitrogens with zero attached hydrogens (tertiary/aromatic N) is 2. The van der Waals surface area contributed by atoms with Crippen LogP contribution in [0, 0.1) is 6.92 Å². The highest BCUT2D eigenvalue weighted by molar-refractivity contribution is 14.0. The summed E-state index contributed by atoms with van der Waals surface area (Å²) in [7, 11) is 3.14. The SMILES string of the molecule is CN=C(NCc1cc(C(=O)OC)c(C)o1)N1CCc2ccccc2C1.I. The molecule has 0 atom stereocenters. The highest BCUT2D eigenvalue weighted by Crippen LogP contribution is 2.19. The third-order valence-corrected chi connectivity index (χ3v) is 4.44. The Balaban J connectivity index is 0.00000243. The summed E-state index contributed by atoms with van der Waals surface area (Å²) in [6.07, 6.45) is 1.00. The van der Waals surface area contributed by atoms with Crippen LogP contribution in [0.15, 0.2) is 39.7 Å². The molecule has 7 heteroatoms. The first-order valence-corrected chi connectivity index (χ1v) is 8.32. The molecule has 0 fully saturated rings. The highest BCUT2D eigenvalue weighted by Gasteiger charge is 2.20. The molecule has 1 aromatic heterocycles. The van der Waals surface area contributed by atoms with Crippen LogP contribution in [-0.4, -0.2) is 37.5 Å². The van der Waals surface area contributed by atoms with Gasteiger partial charge in [0.15, 0.2) is 5.96 Å².